The molecule has 1 saturated heterocycles. The van der Waals surface area contributed by atoms with Gasteiger partial charge in [0.05, 0.1) is 4.90 Å². The van der Waals surface area contributed by atoms with Crippen LogP contribution in [0.5, 0.6) is 0 Å². The summed E-state index contributed by atoms with van der Waals surface area (Å²) in [7, 11) is -2.02. The number of hydrogen-bond acceptors (Lipinski definition) is 4. The highest BCUT2D eigenvalue weighted by Gasteiger charge is 2.20. The molecule has 0 bridgehead atoms. The Labute approximate surface area is 131 Å². The SMILES string of the molecule is CNS(=O)(=O)c1ccc(CCC(=O)N2CCN[C@@H](C)C2)cc1. The van der Waals surface area contributed by atoms with Gasteiger partial charge < -0.3 is 10.2 Å². The molecule has 2 N–H and O–H groups in total. The maximum Gasteiger partial charge on any atom is 0.240 e. The summed E-state index contributed by atoms with van der Waals surface area (Å²) in [6.07, 6.45) is 1.07. The Kier molecular flexibility index (Phi) is 5.55. The Hall–Kier alpha value is -1.44. The molecule has 2 rings (SSSR count). The number of sulfonamides is 1. The van der Waals surface area contributed by atoms with E-state index in [2.05, 4.69) is 17.0 Å². The smallest absolute Gasteiger partial charge is 0.240 e. The van der Waals surface area contributed by atoms with Crippen molar-refractivity contribution in [2.75, 3.05) is 26.7 Å². The van der Waals surface area contributed by atoms with Gasteiger partial charge in [0.25, 0.3) is 0 Å². The molecule has 1 aliphatic rings. The maximum absolute atomic E-state index is 12.2. The van der Waals surface area contributed by atoms with Gasteiger partial charge in [-0.2, -0.15) is 0 Å². The number of rotatable bonds is 5. The van der Waals surface area contributed by atoms with Gasteiger partial charge >= 0.3 is 0 Å². The van der Waals surface area contributed by atoms with E-state index in [1.807, 2.05) is 4.90 Å². The van der Waals surface area contributed by atoms with Crippen LogP contribution in [0.1, 0.15) is 18.9 Å². The maximum atomic E-state index is 12.2. The number of hydrogen-bond donors (Lipinski definition) is 2. The third kappa shape index (κ3) is 4.28. The van der Waals surface area contributed by atoms with Crippen molar-refractivity contribution in [2.45, 2.75) is 30.7 Å². The zero-order valence-corrected chi connectivity index (χ0v) is 13.8. The summed E-state index contributed by atoms with van der Waals surface area (Å²) >= 11 is 0. The van der Waals surface area contributed by atoms with Crippen molar-refractivity contribution in [1.82, 2.24) is 14.9 Å². The van der Waals surface area contributed by atoms with Gasteiger partial charge in [0.2, 0.25) is 15.9 Å². The molecular weight excluding hydrogens is 302 g/mol. The first-order valence-corrected chi connectivity index (χ1v) is 8.94. The van der Waals surface area contributed by atoms with E-state index in [9.17, 15) is 13.2 Å². The summed E-state index contributed by atoms with van der Waals surface area (Å²) in [5.41, 5.74) is 0.964. The number of piperazine rings is 1. The van der Waals surface area contributed by atoms with Gasteiger partial charge in [-0.15, -0.1) is 0 Å². The van der Waals surface area contributed by atoms with Gasteiger partial charge in [-0.1, -0.05) is 12.1 Å². The number of amides is 1. The summed E-state index contributed by atoms with van der Waals surface area (Å²) in [5.74, 6) is 0.153. The van der Waals surface area contributed by atoms with Crippen molar-refractivity contribution in [2.24, 2.45) is 0 Å². The zero-order valence-electron chi connectivity index (χ0n) is 13.0. The van der Waals surface area contributed by atoms with E-state index >= 15 is 0 Å². The summed E-state index contributed by atoms with van der Waals surface area (Å²) in [6.45, 7) is 4.41. The minimum absolute atomic E-state index is 0.153. The van der Waals surface area contributed by atoms with Crippen LogP contribution in [0.3, 0.4) is 0 Å². The molecule has 0 unspecified atom stereocenters. The van der Waals surface area contributed by atoms with Crippen molar-refractivity contribution < 1.29 is 13.2 Å². The quantitative estimate of drug-likeness (QED) is 0.819. The lowest BCUT2D eigenvalue weighted by Gasteiger charge is -2.32. The normalized spacial score (nSPS) is 19.2. The Morgan fingerprint density at radius 1 is 1.36 bits per heavy atom. The molecule has 1 aliphatic heterocycles. The van der Waals surface area contributed by atoms with Crippen LogP contribution < -0.4 is 10.0 Å². The largest absolute Gasteiger partial charge is 0.340 e. The molecule has 0 aromatic heterocycles. The second-order valence-electron chi connectivity index (χ2n) is 5.55. The molecule has 0 saturated carbocycles. The van der Waals surface area contributed by atoms with Crippen LogP contribution >= 0.6 is 0 Å². The van der Waals surface area contributed by atoms with Crippen LogP contribution in [-0.2, 0) is 21.2 Å². The highest BCUT2D eigenvalue weighted by Crippen LogP contribution is 2.12. The van der Waals surface area contributed by atoms with E-state index < -0.39 is 10.0 Å². The third-order valence-corrected chi connectivity index (χ3v) is 5.28. The van der Waals surface area contributed by atoms with Crippen LogP contribution in [-0.4, -0.2) is 51.9 Å². The lowest BCUT2D eigenvalue weighted by molar-refractivity contribution is -0.132. The Balaban J connectivity index is 1.90. The lowest BCUT2D eigenvalue weighted by atomic mass is 10.1. The number of carbonyl (C=O) groups excluding carboxylic acids is 1. The number of benzene rings is 1. The Bertz CT molecular complexity index is 613. The first-order chi connectivity index (χ1) is 10.4. The number of nitrogens with one attached hydrogen (secondary N) is 2. The van der Waals surface area contributed by atoms with Gasteiger partial charge in [-0.3, -0.25) is 4.79 Å². The molecule has 0 radical (unpaired) electrons. The highest BCUT2D eigenvalue weighted by atomic mass is 32.2. The molecule has 1 amide bonds. The monoisotopic (exact) mass is 325 g/mol. The molecule has 7 heteroatoms. The molecule has 1 aromatic rings. The minimum atomic E-state index is -3.40. The first kappa shape index (κ1) is 16.9. The number of nitrogens with zero attached hydrogens (tertiary/aromatic N) is 1. The van der Waals surface area contributed by atoms with Gasteiger partial charge in [0.15, 0.2) is 0 Å². The third-order valence-electron chi connectivity index (χ3n) is 3.85. The van der Waals surface area contributed by atoms with Crippen molar-refractivity contribution in [1.29, 1.82) is 0 Å². The topological polar surface area (TPSA) is 78.5 Å². The van der Waals surface area contributed by atoms with Gasteiger partial charge in [-0.25, -0.2) is 13.1 Å². The predicted octanol–water partition coefficient (Wildman–Crippen LogP) is 0.348. The van der Waals surface area contributed by atoms with Crippen LogP contribution in [0.15, 0.2) is 29.2 Å². The van der Waals surface area contributed by atoms with E-state index in [-0.39, 0.29) is 10.8 Å². The van der Waals surface area contributed by atoms with Crippen LogP contribution in [0.2, 0.25) is 0 Å². The molecule has 122 valence electrons. The molecule has 1 fully saturated rings. The molecular formula is C15H23N3O3S. The van der Waals surface area contributed by atoms with Crippen LogP contribution in [0.4, 0.5) is 0 Å². The fourth-order valence-electron chi connectivity index (χ4n) is 2.52. The van der Waals surface area contributed by atoms with Gasteiger partial charge in [-0.05, 0) is 38.1 Å². The van der Waals surface area contributed by atoms with E-state index in [0.29, 0.717) is 18.9 Å². The number of aryl methyl sites for hydroxylation is 1. The summed E-state index contributed by atoms with van der Waals surface area (Å²) in [6, 6.07) is 7.00. The molecule has 1 atom stereocenters. The summed E-state index contributed by atoms with van der Waals surface area (Å²) in [4.78, 5) is 14.3. The predicted molar refractivity (Wildman–Crippen MR) is 85.1 cm³/mol. The molecule has 1 aromatic carbocycles. The molecule has 0 aliphatic carbocycles. The average Bonchev–Trinajstić information content (AvgIpc) is 2.53. The van der Waals surface area contributed by atoms with Crippen LogP contribution in [0.25, 0.3) is 0 Å². The van der Waals surface area contributed by atoms with Crippen molar-refractivity contribution in [3.05, 3.63) is 29.8 Å². The average molecular weight is 325 g/mol. The number of carbonyl (C=O) groups is 1. The van der Waals surface area contributed by atoms with Crippen molar-refractivity contribution in [3.63, 3.8) is 0 Å². The molecule has 1 heterocycles. The van der Waals surface area contributed by atoms with E-state index in [1.54, 1.807) is 24.3 Å². The van der Waals surface area contributed by atoms with Crippen LogP contribution in [0, 0.1) is 0 Å². The molecule has 6 nitrogen and oxygen atoms in total. The van der Waals surface area contributed by atoms with Crippen molar-refractivity contribution in [3.8, 4) is 0 Å². The Morgan fingerprint density at radius 3 is 2.64 bits per heavy atom. The van der Waals surface area contributed by atoms with Gasteiger partial charge in [0, 0.05) is 32.1 Å². The fraction of sp³-hybridized carbons (Fsp3) is 0.533. The van der Waals surface area contributed by atoms with E-state index in [4.69, 9.17) is 0 Å². The standard InChI is InChI=1S/C15H23N3O3S/c1-12-11-18(10-9-17-12)15(19)8-5-13-3-6-14(7-4-13)22(20,21)16-2/h3-4,6-7,12,16-17H,5,8-11H2,1-2H3/t12-/m0/s1. The summed E-state index contributed by atoms with van der Waals surface area (Å²) in [5, 5.41) is 3.31. The van der Waals surface area contributed by atoms with E-state index in [0.717, 1.165) is 25.2 Å². The molecule has 0 spiro atoms. The second kappa shape index (κ2) is 7.21. The molecule has 22 heavy (non-hydrogen) atoms. The first-order valence-electron chi connectivity index (χ1n) is 7.46. The lowest BCUT2D eigenvalue weighted by Crippen LogP contribution is -2.51. The van der Waals surface area contributed by atoms with Gasteiger partial charge in [0.1, 0.15) is 0 Å². The summed E-state index contributed by atoms with van der Waals surface area (Å²) < 4.78 is 25.6. The Morgan fingerprint density at radius 2 is 2.05 bits per heavy atom. The minimum Gasteiger partial charge on any atom is -0.340 e. The fourth-order valence-corrected chi connectivity index (χ4v) is 3.25. The van der Waals surface area contributed by atoms with E-state index in [1.165, 1.54) is 7.05 Å². The zero-order chi connectivity index (χ0) is 16.2. The van der Waals surface area contributed by atoms with Crippen molar-refractivity contribution >= 4 is 15.9 Å². The second-order valence-corrected chi connectivity index (χ2v) is 7.43. The highest BCUT2D eigenvalue weighted by molar-refractivity contribution is 7.89.